The maximum absolute atomic E-state index is 12.8. The lowest BCUT2D eigenvalue weighted by Crippen LogP contribution is -2.20. The second kappa shape index (κ2) is 8.00. The van der Waals surface area contributed by atoms with E-state index in [1.54, 1.807) is 19.4 Å². The predicted octanol–water partition coefficient (Wildman–Crippen LogP) is 4.47. The summed E-state index contributed by atoms with van der Waals surface area (Å²) < 4.78 is 6.39. The average Bonchev–Trinajstić information content (AvgIpc) is 2.78. The lowest BCUT2D eigenvalue weighted by molar-refractivity contribution is -0.384. The van der Waals surface area contributed by atoms with Crippen LogP contribution < -0.4 is 10.3 Å². The molecule has 1 heterocycles. The molecule has 0 radical (unpaired) electrons. The van der Waals surface area contributed by atoms with E-state index in [1.165, 1.54) is 28.9 Å². The molecule has 0 unspecified atom stereocenters. The van der Waals surface area contributed by atoms with Crippen molar-refractivity contribution in [3.8, 4) is 11.4 Å². The molecule has 0 amide bonds. The maximum atomic E-state index is 12.8. The number of rotatable bonds is 5. The molecule has 0 spiro atoms. The van der Waals surface area contributed by atoms with Crippen molar-refractivity contribution in [2.45, 2.75) is 0 Å². The van der Waals surface area contributed by atoms with E-state index < -0.39 is 4.92 Å². The molecular weight excluding hydrogens is 382 g/mol. The molecule has 0 aliphatic rings. The predicted molar refractivity (Wildman–Crippen MR) is 116 cm³/mol. The number of methoxy groups -OCH3 is 1. The quantitative estimate of drug-likeness (QED) is 0.281. The summed E-state index contributed by atoms with van der Waals surface area (Å²) in [5.74, 6) is 0.799. The highest BCUT2D eigenvalue weighted by Crippen LogP contribution is 2.18. The minimum Gasteiger partial charge on any atom is -0.497 e. The van der Waals surface area contributed by atoms with Gasteiger partial charge >= 0.3 is 0 Å². The molecule has 0 fully saturated rings. The van der Waals surface area contributed by atoms with Crippen LogP contribution in [0.15, 0.2) is 77.7 Å². The molecule has 0 saturated heterocycles. The fourth-order valence-electron chi connectivity index (χ4n) is 3.08. The highest BCUT2D eigenvalue weighted by molar-refractivity contribution is 5.84. The van der Waals surface area contributed by atoms with E-state index in [0.29, 0.717) is 11.1 Å². The van der Waals surface area contributed by atoms with Gasteiger partial charge in [0.05, 0.1) is 29.3 Å². The minimum absolute atomic E-state index is 0.0409. The number of fused-ring (bicyclic) bond motifs is 1. The molecule has 7 heteroatoms. The van der Waals surface area contributed by atoms with Gasteiger partial charge in [0.2, 0.25) is 0 Å². The molecule has 7 nitrogen and oxygen atoms in total. The van der Waals surface area contributed by atoms with Gasteiger partial charge in [-0.15, -0.1) is 0 Å². The van der Waals surface area contributed by atoms with E-state index in [4.69, 9.17) is 4.74 Å². The topological polar surface area (TPSA) is 87.3 Å². The van der Waals surface area contributed by atoms with E-state index in [-0.39, 0.29) is 11.2 Å². The second-order valence-corrected chi connectivity index (χ2v) is 6.59. The van der Waals surface area contributed by atoms with Crippen LogP contribution in [-0.4, -0.2) is 21.8 Å². The van der Waals surface area contributed by atoms with Crippen molar-refractivity contribution in [1.29, 1.82) is 0 Å². The van der Waals surface area contributed by atoms with Gasteiger partial charge in [-0.2, -0.15) is 9.78 Å². The van der Waals surface area contributed by atoms with Crippen molar-refractivity contribution in [3.63, 3.8) is 0 Å². The summed E-state index contributed by atoms with van der Waals surface area (Å²) in [6.45, 7) is 0. The number of nitro groups is 1. The zero-order valence-corrected chi connectivity index (χ0v) is 16.1. The number of aromatic nitrogens is 2. The summed E-state index contributed by atoms with van der Waals surface area (Å²) in [5.41, 5.74) is 2.11. The van der Waals surface area contributed by atoms with Crippen molar-refractivity contribution in [3.05, 3.63) is 105 Å². The van der Waals surface area contributed by atoms with Gasteiger partial charge < -0.3 is 4.74 Å². The van der Waals surface area contributed by atoms with Crippen molar-refractivity contribution in [2.75, 3.05) is 7.11 Å². The number of nitro benzene ring substituents is 1. The smallest absolute Gasteiger partial charge is 0.279 e. The number of hydrogen-bond donors (Lipinski definition) is 0. The van der Waals surface area contributed by atoms with Crippen LogP contribution in [0.4, 0.5) is 5.69 Å². The molecule has 3 aromatic carbocycles. The van der Waals surface area contributed by atoms with Gasteiger partial charge in [0.25, 0.3) is 11.2 Å². The first-order valence-electron chi connectivity index (χ1n) is 9.14. The molecule has 0 bridgehead atoms. The molecule has 0 aliphatic heterocycles. The number of benzene rings is 3. The average molecular weight is 399 g/mol. The fraction of sp³-hybridized carbons (Fsp3) is 0.0435. The third-order valence-electron chi connectivity index (χ3n) is 4.70. The summed E-state index contributed by atoms with van der Waals surface area (Å²) in [6, 6.07) is 18.9. The SMILES string of the molecule is COc1ccc(/C=C/c2ccc3c(=O)n(-c4ccc([N+](=O)[O-])cc4)ncc3c2)cc1. The highest BCUT2D eigenvalue weighted by atomic mass is 16.6. The van der Waals surface area contributed by atoms with Crippen molar-refractivity contribution in [1.82, 2.24) is 9.78 Å². The van der Waals surface area contributed by atoms with E-state index >= 15 is 0 Å². The zero-order chi connectivity index (χ0) is 21.1. The molecule has 1 aromatic heterocycles. The molecular formula is C23H17N3O4. The maximum Gasteiger partial charge on any atom is 0.279 e. The summed E-state index contributed by atoms with van der Waals surface area (Å²) in [6.07, 6.45) is 5.55. The molecule has 4 aromatic rings. The minimum atomic E-state index is -0.485. The van der Waals surface area contributed by atoms with Gasteiger partial charge in [0, 0.05) is 17.5 Å². The standard InChI is InChI=1S/C23H17N3O4/c1-30-21-11-4-16(5-12-21)2-3-17-6-13-22-18(14-17)15-24-25(23(22)27)19-7-9-20(10-8-19)26(28)29/h2-15H,1H3/b3-2+. The number of ether oxygens (including phenoxy) is 1. The Morgan fingerprint density at radius 1 is 0.967 bits per heavy atom. The zero-order valence-electron chi connectivity index (χ0n) is 16.1. The Morgan fingerprint density at radius 3 is 2.30 bits per heavy atom. The van der Waals surface area contributed by atoms with Gasteiger partial charge in [-0.1, -0.05) is 30.4 Å². The van der Waals surface area contributed by atoms with Gasteiger partial charge in [-0.05, 0) is 47.5 Å². The first kappa shape index (κ1) is 19.1. The van der Waals surface area contributed by atoms with Crippen molar-refractivity contribution in [2.24, 2.45) is 0 Å². The number of hydrogen-bond acceptors (Lipinski definition) is 5. The van der Waals surface area contributed by atoms with Crippen LogP contribution in [0.1, 0.15) is 11.1 Å². The Labute approximate surface area is 171 Å². The Morgan fingerprint density at radius 2 is 1.63 bits per heavy atom. The summed E-state index contributed by atoms with van der Waals surface area (Å²) in [4.78, 5) is 23.2. The summed E-state index contributed by atoms with van der Waals surface area (Å²) in [7, 11) is 1.63. The fourth-order valence-corrected chi connectivity index (χ4v) is 3.08. The van der Waals surface area contributed by atoms with Crippen LogP contribution >= 0.6 is 0 Å². The van der Waals surface area contributed by atoms with Crippen LogP contribution in [0.25, 0.3) is 28.6 Å². The Bertz CT molecular complexity index is 1310. The van der Waals surface area contributed by atoms with E-state index in [2.05, 4.69) is 5.10 Å². The van der Waals surface area contributed by atoms with Crippen molar-refractivity contribution >= 4 is 28.6 Å². The van der Waals surface area contributed by atoms with Crippen molar-refractivity contribution < 1.29 is 9.66 Å². The third kappa shape index (κ3) is 3.81. The van der Waals surface area contributed by atoms with Gasteiger partial charge in [-0.25, -0.2) is 0 Å². The van der Waals surface area contributed by atoms with Gasteiger partial charge in [0.15, 0.2) is 0 Å². The van der Waals surface area contributed by atoms with Crippen LogP contribution in [0.5, 0.6) is 5.75 Å². The second-order valence-electron chi connectivity index (χ2n) is 6.59. The van der Waals surface area contributed by atoms with Gasteiger partial charge in [0.1, 0.15) is 5.75 Å². The molecule has 0 saturated carbocycles. The summed E-state index contributed by atoms with van der Waals surface area (Å²) in [5, 5.41) is 16.3. The Kier molecular flexibility index (Phi) is 5.09. The monoisotopic (exact) mass is 399 g/mol. The lowest BCUT2D eigenvalue weighted by atomic mass is 10.1. The molecule has 0 N–H and O–H groups in total. The largest absolute Gasteiger partial charge is 0.497 e. The Balaban J connectivity index is 1.64. The van der Waals surface area contributed by atoms with Gasteiger partial charge in [-0.3, -0.25) is 14.9 Å². The van der Waals surface area contributed by atoms with E-state index in [0.717, 1.165) is 22.3 Å². The molecule has 30 heavy (non-hydrogen) atoms. The van der Waals surface area contributed by atoms with E-state index in [1.807, 2.05) is 48.6 Å². The summed E-state index contributed by atoms with van der Waals surface area (Å²) >= 11 is 0. The van der Waals surface area contributed by atoms with E-state index in [9.17, 15) is 14.9 Å². The van der Waals surface area contributed by atoms with Crippen LogP contribution in [-0.2, 0) is 0 Å². The number of non-ortho nitro benzene ring substituents is 1. The third-order valence-corrected chi connectivity index (χ3v) is 4.70. The highest BCUT2D eigenvalue weighted by Gasteiger charge is 2.09. The number of nitrogens with zero attached hydrogens (tertiary/aromatic N) is 3. The Hall–Kier alpha value is -4.26. The molecule has 0 aliphatic carbocycles. The molecule has 148 valence electrons. The first-order valence-corrected chi connectivity index (χ1v) is 9.14. The normalized spacial score (nSPS) is 11.1. The van der Waals surface area contributed by atoms with Crippen LogP contribution in [0.3, 0.4) is 0 Å². The van der Waals surface area contributed by atoms with Crippen LogP contribution in [0.2, 0.25) is 0 Å². The lowest BCUT2D eigenvalue weighted by Gasteiger charge is -2.06. The van der Waals surface area contributed by atoms with Crippen LogP contribution in [0, 0.1) is 10.1 Å². The molecule has 4 rings (SSSR count). The first-order chi connectivity index (χ1) is 14.5. The molecule has 0 atom stereocenters.